The number of aromatic nitrogens is 2. The average molecular weight is 274 g/mol. The third kappa shape index (κ3) is 3.50. The Kier molecular flexibility index (Phi) is 3.98. The van der Waals surface area contributed by atoms with Crippen molar-refractivity contribution in [1.82, 2.24) is 19.3 Å². The fourth-order valence-corrected chi connectivity index (χ4v) is 2.91. The second-order valence-electron chi connectivity index (χ2n) is 4.53. The van der Waals surface area contributed by atoms with Crippen LogP contribution in [0.4, 0.5) is 0 Å². The van der Waals surface area contributed by atoms with E-state index < -0.39 is 10.0 Å². The first kappa shape index (κ1) is 13.4. The molecule has 1 aromatic heterocycles. The van der Waals surface area contributed by atoms with E-state index in [0.717, 1.165) is 13.0 Å². The SMILES string of the molecule is Cc1noc(CN2CCCN(S(C)(=O)=O)CC2)n1. The zero-order chi connectivity index (χ0) is 13.2. The van der Waals surface area contributed by atoms with Crippen LogP contribution in [0.2, 0.25) is 0 Å². The van der Waals surface area contributed by atoms with Gasteiger partial charge in [-0.15, -0.1) is 0 Å². The molecule has 8 heteroatoms. The Morgan fingerprint density at radius 1 is 1.28 bits per heavy atom. The minimum Gasteiger partial charge on any atom is -0.338 e. The van der Waals surface area contributed by atoms with Crippen molar-refractivity contribution in [2.24, 2.45) is 0 Å². The van der Waals surface area contributed by atoms with Gasteiger partial charge in [-0.05, 0) is 19.9 Å². The lowest BCUT2D eigenvalue weighted by molar-refractivity contribution is 0.235. The van der Waals surface area contributed by atoms with Crippen molar-refractivity contribution in [2.75, 3.05) is 32.4 Å². The van der Waals surface area contributed by atoms with Gasteiger partial charge in [-0.1, -0.05) is 5.16 Å². The van der Waals surface area contributed by atoms with Crippen molar-refractivity contribution >= 4 is 10.0 Å². The maximum Gasteiger partial charge on any atom is 0.240 e. The molecule has 1 aliphatic rings. The lowest BCUT2D eigenvalue weighted by Crippen LogP contribution is -2.34. The predicted octanol–water partition coefficient (Wildman–Crippen LogP) is -0.155. The molecule has 0 radical (unpaired) electrons. The van der Waals surface area contributed by atoms with Gasteiger partial charge < -0.3 is 4.52 Å². The van der Waals surface area contributed by atoms with E-state index in [1.165, 1.54) is 10.6 Å². The van der Waals surface area contributed by atoms with Crippen molar-refractivity contribution in [3.63, 3.8) is 0 Å². The molecule has 1 fully saturated rings. The third-order valence-electron chi connectivity index (χ3n) is 2.95. The summed E-state index contributed by atoms with van der Waals surface area (Å²) in [5, 5.41) is 3.74. The maximum atomic E-state index is 11.5. The molecular formula is C10H18N4O3S. The van der Waals surface area contributed by atoms with Crippen LogP contribution in [0, 0.1) is 6.92 Å². The van der Waals surface area contributed by atoms with E-state index in [-0.39, 0.29) is 0 Å². The van der Waals surface area contributed by atoms with Crippen molar-refractivity contribution in [2.45, 2.75) is 19.9 Å². The Hall–Kier alpha value is -0.990. The molecule has 1 saturated heterocycles. The number of hydrogen-bond acceptors (Lipinski definition) is 6. The van der Waals surface area contributed by atoms with Crippen LogP contribution in [-0.2, 0) is 16.6 Å². The van der Waals surface area contributed by atoms with E-state index in [9.17, 15) is 8.42 Å². The lowest BCUT2D eigenvalue weighted by atomic mass is 10.4. The zero-order valence-corrected chi connectivity index (χ0v) is 11.5. The van der Waals surface area contributed by atoms with Crippen molar-refractivity contribution < 1.29 is 12.9 Å². The molecular weight excluding hydrogens is 256 g/mol. The highest BCUT2D eigenvalue weighted by molar-refractivity contribution is 7.88. The van der Waals surface area contributed by atoms with Gasteiger partial charge in [0.2, 0.25) is 15.9 Å². The lowest BCUT2D eigenvalue weighted by Gasteiger charge is -2.18. The van der Waals surface area contributed by atoms with Gasteiger partial charge in [0.25, 0.3) is 0 Å². The van der Waals surface area contributed by atoms with E-state index in [1.54, 1.807) is 6.92 Å². The second kappa shape index (κ2) is 5.33. The summed E-state index contributed by atoms with van der Waals surface area (Å²) in [6.45, 7) is 4.99. The Morgan fingerprint density at radius 2 is 2.06 bits per heavy atom. The molecule has 7 nitrogen and oxygen atoms in total. The van der Waals surface area contributed by atoms with Crippen LogP contribution in [0.5, 0.6) is 0 Å². The molecule has 0 amide bonds. The molecule has 2 heterocycles. The Bertz CT molecular complexity index is 499. The minimum atomic E-state index is -3.09. The average Bonchev–Trinajstić information content (AvgIpc) is 2.53. The van der Waals surface area contributed by atoms with Gasteiger partial charge in [0.05, 0.1) is 12.8 Å². The first-order chi connectivity index (χ1) is 8.45. The molecule has 0 aromatic carbocycles. The van der Waals surface area contributed by atoms with Gasteiger partial charge in [0, 0.05) is 19.6 Å². The highest BCUT2D eigenvalue weighted by Crippen LogP contribution is 2.09. The summed E-state index contributed by atoms with van der Waals surface area (Å²) in [6.07, 6.45) is 2.07. The molecule has 102 valence electrons. The number of aryl methyl sites for hydroxylation is 1. The summed E-state index contributed by atoms with van der Waals surface area (Å²) in [5.74, 6) is 1.21. The molecule has 18 heavy (non-hydrogen) atoms. The summed E-state index contributed by atoms with van der Waals surface area (Å²) < 4.78 is 29.5. The van der Waals surface area contributed by atoms with Gasteiger partial charge in [-0.2, -0.15) is 4.98 Å². The van der Waals surface area contributed by atoms with E-state index in [1.807, 2.05) is 0 Å². The minimum absolute atomic E-state index is 0.520. The van der Waals surface area contributed by atoms with Crippen molar-refractivity contribution in [3.05, 3.63) is 11.7 Å². The molecule has 2 rings (SSSR count). The summed E-state index contributed by atoms with van der Waals surface area (Å²) in [5.41, 5.74) is 0. The molecule has 0 spiro atoms. The van der Waals surface area contributed by atoms with E-state index >= 15 is 0 Å². The first-order valence-corrected chi connectivity index (χ1v) is 7.76. The predicted molar refractivity (Wildman–Crippen MR) is 65.3 cm³/mol. The highest BCUT2D eigenvalue weighted by Gasteiger charge is 2.22. The molecule has 1 aliphatic heterocycles. The van der Waals surface area contributed by atoms with Crippen LogP contribution in [-0.4, -0.2) is 60.2 Å². The van der Waals surface area contributed by atoms with E-state index in [0.29, 0.717) is 37.9 Å². The van der Waals surface area contributed by atoms with Gasteiger partial charge in [-0.3, -0.25) is 4.90 Å². The summed E-state index contributed by atoms with van der Waals surface area (Å²) in [7, 11) is -3.09. The summed E-state index contributed by atoms with van der Waals surface area (Å²) >= 11 is 0. The standard InChI is InChI=1S/C10H18N4O3S/c1-9-11-10(17-12-9)8-13-4-3-5-14(7-6-13)18(2,15)16/h3-8H2,1-2H3. The molecule has 0 N–H and O–H groups in total. The van der Waals surface area contributed by atoms with Crippen LogP contribution in [0.25, 0.3) is 0 Å². The Balaban J connectivity index is 1.93. The number of nitrogens with zero attached hydrogens (tertiary/aromatic N) is 4. The van der Waals surface area contributed by atoms with Crippen LogP contribution >= 0.6 is 0 Å². The van der Waals surface area contributed by atoms with Crippen LogP contribution in [0.3, 0.4) is 0 Å². The smallest absolute Gasteiger partial charge is 0.240 e. The second-order valence-corrected chi connectivity index (χ2v) is 6.51. The van der Waals surface area contributed by atoms with Crippen LogP contribution in [0.1, 0.15) is 18.1 Å². The normalized spacial score (nSPS) is 19.9. The fraction of sp³-hybridized carbons (Fsp3) is 0.800. The molecule has 1 aromatic rings. The molecule has 0 atom stereocenters. The van der Waals surface area contributed by atoms with E-state index in [4.69, 9.17) is 4.52 Å². The Labute approximate surface area is 107 Å². The van der Waals surface area contributed by atoms with Crippen LogP contribution < -0.4 is 0 Å². The van der Waals surface area contributed by atoms with Crippen molar-refractivity contribution in [1.29, 1.82) is 0 Å². The largest absolute Gasteiger partial charge is 0.338 e. The number of hydrogen-bond donors (Lipinski definition) is 0. The van der Waals surface area contributed by atoms with Crippen molar-refractivity contribution in [3.8, 4) is 0 Å². The van der Waals surface area contributed by atoms with E-state index in [2.05, 4.69) is 15.0 Å². The van der Waals surface area contributed by atoms with Gasteiger partial charge in [-0.25, -0.2) is 12.7 Å². The first-order valence-electron chi connectivity index (χ1n) is 5.92. The quantitative estimate of drug-likeness (QED) is 0.762. The summed E-state index contributed by atoms with van der Waals surface area (Å²) in [4.78, 5) is 6.29. The molecule has 0 unspecified atom stereocenters. The molecule has 0 aliphatic carbocycles. The fourth-order valence-electron chi connectivity index (χ4n) is 2.03. The third-order valence-corrected chi connectivity index (χ3v) is 4.25. The van der Waals surface area contributed by atoms with Gasteiger partial charge in [0.1, 0.15) is 0 Å². The molecule has 0 bridgehead atoms. The highest BCUT2D eigenvalue weighted by atomic mass is 32.2. The van der Waals surface area contributed by atoms with Gasteiger partial charge >= 0.3 is 0 Å². The maximum absolute atomic E-state index is 11.5. The topological polar surface area (TPSA) is 79.5 Å². The zero-order valence-electron chi connectivity index (χ0n) is 10.7. The van der Waals surface area contributed by atoms with Crippen LogP contribution in [0.15, 0.2) is 4.52 Å². The number of sulfonamides is 1. The van der Waals surface area contributed by atoms with Gasteiger partial charge in [0.15, 0.2) is 5.82 Å². The molecule has 0 saturated carbocycles. The monoisotopic (exact) mass is 274 g/mol. The number of rotatable bonds is 3. The Morgan fingerprint density at radius 3 is 2.67 bits per heavy atom. The summed E-state index contributed by atoms with van der Waals surface area (Å²) in [6, 6.07) is 0.